The van der Waals surface area contributed by atoms with Crippen LogP contribution in [-0.4, -0.2) is 171 Å². The van der Waals surface area contributed by atoms with E-state index in [-0.39, 0.29) is 125 Å². The highest BCUT2D eigenvalue weighted by Gasteiger charge is 2.45. The van der Waals surface area contributed by atoms with Gasteiger partial charge in [0.2, 0.25) is 20.0 Å². The number of sulfonamides is 2. The van der Waals surface area contributed by atoms with E-state index in [2.05, 4.69) is 40.5 Å². The summed E-state index contributed by atoms with van der Waals surface area (Å²) in [5.74, 6) is 1.20. The molecule has 0 spiro atoms. The van der Waals surface area contributed by atoms with Gasteiger partial charge in [-0.05, 0) is 126 Å². The maximum Gasteiger partial charge on any atom is 0.314 e. The van der Waals surface area contributed by atoms with E-state index in [9.17, 15) is 26.4 Å². The smallest absolute Gasteiger partial charge is 0.314 e. The average Bonchev–Trinajstić information content (AvgIpc) is 4.15. The summed E-state index contributed by atoms with van der Waals surface area (Å²) in [5.41, 5.74) is 7.81. The van der Waals surface area contributed by atoms with E-state index in [4.69, 9.17) is 74.8 Å². The van der Waals surface area contributed by atoms with Crippen molar-refractivity contribution in [2.24, 2.45) is 0 Å². The van der Waals surface area contributed by atoms with Gasteiger partial charge in [-0.25, -0.2) is 35.9 Å². The molecule has 0 saturated carbocycles. The van der Waals surface area contributed by atoms with Gasteiger partial charge in [-0.2, -0.15) is 0 Å². The zero-order chi connectivity index (χ0) is 57.5. The minimum Gasteiger partial charge on any atom is -0.483 e. The van der Waals surface area contributed by atoms with Crippen molar-refractivity contribution >= 4 is 78.5 Å². The van der Waals surface area contributed by atoms with E-state index in [0.717, 1.165) is 33.4 Å². The summed E-state index contributed by atoms with van der Waals surface area (Å²) in [7, 11) is 0.158. The first-order chi connectivity index (χ1) is 38.2. The van der Waals surface area contributed by atoms with Crippen molar-refractivity contribution in [3.8, 4) is 33.8 Å². The number of unbranched alkanes of at least 4 members (excludes halogenated alkanes) is 1. The second-order valence-corrected chi connectivity index (χ2v) is 25.5. The molecule has 2 aliphatic carbocycles. The average molecular weight is 1230 g/mol. The SMILES string of the molecule is Cc1cc(S(=O)(=O)NCCOCCOCCNC(=O)NCCCCNC(=O)NCCOCCOCCNS(=O)(=O)c2cc(C)c3c(c2)-c2c(Cl)cc(Cl)c4c2[C@H](O3)[C@@H](N(C)C)C4)cc2c1O[C@H]1c3c(c(Cl)cc(Cl)c3-2)CC1N(C)C. The quantitative estimate of drug-likeness (QED) is 0.0307. The van der Waals surface area contributed by atoms with Crippen LogP contribution in [0.2, 0.25) is 20.1 Å². The number of amides is 4. The Morgan fingerprint density at radius 3 is 1.23 bits per heavy atom. The second kappa shape index (κ2) is 27.4. The van der Waals surface area contributed by atoms with E-state index >= 15 is 0 Å². The van der Waals surface area contributed by atoms with Crippen LogP contribution in [-0.2, 0) is 51.8 Å². The lowest BCUT2D eigenvalue weighted by Crippen LogP contribution is -2.39. The van der Waals surface area contributed by atoms with Crippen molar-refractivity contribution in [2.45, 2.75) is 73.6 Å². The molecule has 2 heterocycles. The molecule has 4 aliphatic rings. The van der Waals surface area contributed by atoms with Crippen molar-refractivity contribution in [3.05, 3.63) is 89.9 Å². The highest BCUT2D eigenvalue weighted by Crippen LogP contribution is 2.57. The Morgan fingerprint density at radius 2 is 0.863 bits per heavy atom. The molecule has 0 bridgehead atoms. The van der Waals surface area contributed by atoms with Crippen molar-refractivity contribution in [2.75, 3.05) is 120 Å². The Balaban J connectivity index is 0.603. The third kappa shape index (κ3) is 14.4. The topological polar surface area (TPSA) is 236 Å². The van der Waals surface area contributed by atoms with Gasteiger partial charge in [0.25, 0.3) is 0 Å². The number of benzene rings is 4. The molecule has 80 heavy (non-hydrogen) atoms. The molecule has 0 aromatic heterocycles. The molecule has 20 nitrogen and oxygen atoms in total. The number of likely N-dealkylation sites (N-methyl/N-ethyl adjacent to an activating group) is 2. The summed E-state index contributed by atoms with van der Waals surface area (Å²) in [6.07, 6.45) is 2.09. The van der Waals surface area contributed by atoms with Crippen molar-refractivity contribution in [3.63, 3.8) is 0 Å². The Bertz CT molecular complexity index is 2950. The number of nitrogens with zero attached hydrogens (tertiary/aromatic N) is 2. The van der Waals surface area contributed by atoms with Gasteiger partial charge in [0.15, 0.2) is 0 Å². The maximum atomic E-state index is 13.4. The van der Waals surface area contributed by atoms with Gasteiger partial charge in [0, 0.05) is 82.7 Å². The third-order valence-corrected chi connectivity index (χ3v) is 18.5. The molecule has 2 aliphatic heterocycles. The molecular weight excluding hydrogens is 1160 g/mol. The summed E-state index contributed by atoms with van der Waals surface area (Å²) >= 11 is 26.8. The lowest BCUT2D eigenvalue weighted by Gasteiger charge is -2.33. The largest absolute Gasteiger partial charge is 0.483 e. The van der Waals surface area contributed by atoms with Crippen LogP contribution in [0.1, 0.15) is 58.4 Å². The van der Waals surface area contributed by atoms with Crippen LogP contribution >= 0.6 is 46.4 Å². The number of hydrogen-bond donors (Lipinski definition) is 6. The molecule has 438 valence electrons. The first-order valence-electron chi connectivity index (χ1n) is 26.5. The molecule has 0 fully saturated rings. The number of aryl methyl sites for hydroxylation is 2. The van der Waals surface area contributed by atoms with Crippen LogP contribution in [0.3, 0.4) is 0 Å². The predicted octanol–water partition coefficient (Wildman–Crippen LogP) is 6.79. The molecule has 4 atom stereocenters. The first-order valence-corrected chi connectivity index (χ1v) is 31.0. The minimum absolute atomic E-state index is 0.0409. The highest BCUT2D eigenvalue weighted by atomic mass is 35.5. The molecule has 0 radical (unpaired) electrons. The van der Waals surface area contributed by atoms with Gasteiger partial charge in [0.05, 0.1) is 84.8 Å². The third-order valence-electron chi connectivity index (χ3n) is 14.4. The molecule has 6 N–H and O–H groups in total. The van der Waals surface area contributed by atoms with Crippen LogP contribution in [0.25, 0.3) is 22.3 Å². The van der Waals surface area contributed by atoms with Gasteiger partial charge in [-0.3, -0.25) is 0 Å². The molecule has 4 aromatic rings. The van der Waals surface area contributed by atoms with E-state index in [0.29, 0.717) is 92.6 Å². The van der Waals surface area contributed by atoms with Gasteiger partial charge in [0.1, 0.15) is 23.7 Å². The summed E-state index contributed by atoms with van der Waals surface area (Å²) < 4.78 is 94.1. The van der Waals surface area contributed by atoms with Crippen molar-refractivity contribution in [1.82, 2.24) is 40.5 Å². The van der Waals surface area contributed by atoms with E-state index in [1.807, 2.05) is 42.0 Å². The number of hydrogen-bond acceptors (Lipinski definition) is 14. The monoisotopic (exact) mass is 1230 g/mol. The van der Waals surface area contributed by atoms with Gasteiger partial charge >= 0.3 is 12.1 Å². The number of rotatable bonds is 29. The molecule has 4 amide bonds. The number of ether oxygens (including phenoxy) is 6. The summed E-state index contributed by atoms with van der Waals surface area (Å²) in [5, 5.41) is 13.0. The fourth-order valence-corrected chi connectivity index (χ4v) is 14.0. The Hall–Kier alpha value is -4.24. The number of fused-ring (bicyclic) bond motifs is 4. The van der Waals surface area contributed by atoms with Gasteiger partial charge in [-0.15, -0.1) is 0 Å². The van der Waals surface area contributed by atoms with E-state index in [1.165, 1.54) is 0 Å². The Kier molecular flexibility index (Phi) is 21.2. The predicted molar refractivity (Wildman–Crippen MR) is 308 cm³/mol. The summed E-state index contributed by atoms with van der Waals surface area (Å²) in [4.78, 5) is 28.7. The highest BCUT2D eigenvalue weighted by molar-refractivity contribution is 7.89. The van der Waals surface area contributed by atoms with Crippen LogP contribution in [0.15, 0.2) is 46.2 Å². The van der Waals surface area contributed by atoms with Gasteiger partial charge in [-0.1, -0.05) is 46.4 Å². The van der Waals surface area contributed by atoms with Crippen LogP contribution < -0.4 is 40.2 Å². The van der Waals surface area contributed by atoms with Crippen LogP contribution in [0, 0.1) is 13.8 Å². The number of carbonyl (C=O) groups excluding carboxylic acids is 2. The zero-order valence-electron chi connectivity index (χ0n) is 45.6. The van der Waals surface area contributed by atoms with Crippen LogP contribution in [0.5, 0.6) is 11.5 Å². The van der Waals surface area contributed by atoms with Gasteiger partial charge < -0.3 is 59.5 Å². The number of nitrogens with one attached hydrogen (secondary N) is 6. The molecule has 1 unspecified atom stereocenters. The first kappa shape index (κ1) is 61.8. The Labute approximate surface area is 488 Å². The lowest BCUT2D eigenvalue weighted by molar-refractivity contribution is 0.0516. The number of halogens is 4. The summed E-state index contributed by atoms with van der Waals surface area (Å²) in [6, 6.07) is 9.23. The minimum atomic E-state index is -3.91. The fraction of sp³-hybridized carbons (Fsp3) is 0.519. The van der Waals surface area contributed by atoms with E-state index in [1.54, 1.807) is 36.4 Å². The number of carbonyl (C=O) groups is 2. The number of urea groups is 2. The maximum absolute atomic E-state index is 13.4. The standard InChI is InChI=1S/C54H70Cl4N8O12S2/c1-31-23-33(25-37-45-41(57)29-39(55)35-27-43(65(3)4)51(47(35)45)77-49(31)37)79(69,70)63-13-17-75-21-19-73-15-11-61-53(67)59-9-7-8-10-60-54(68)62-12-16-74-20-22-76-18-14-64-80(71,72)34-24-32(2)50-38(26-34)46-42(58)30-40(56)36-28-44(66(5)6)52(78-50)48(36)46/h23-26,29-30,43-44,51-52,63-64H,7-22,27-28H2,1-6H3,(H2,59,61,67)(H2,60,62,68)/t43-,44?,51+,52+/m0/s1. The Morgan fingerprint density at radius 1 is 0.512 bits per heavy atom. The van der Waals surface area contributed by atoms with Crippen molar-refractivity contribution < 1.29 is 54.8 Å². The van der Waals surface area contributed by atoms with E-state index < -0.39 is 20.0 Å². The molecule has 8 rings (SSSR count). The molecule has 0 saturated heterocycles. The second-order valence-electron chi connectivity index (χ2n) is 20.3. The fourth-order valence-electron chi connectivity index (χ4n) is 10.4. The zero-order valence-corrected chi connectivity index (χ0v) is 50.3. The van der Waals surface area contributed by atoms with Crippen molar-refractivity contribution in [1.29, 1.82) is 0 Å². The summed E-state index contributed by atoms with van der Waals surface area (Å²) in [6.45, 7) is 6.80. The molecule has 4 aromatic carbocycles. The molecule has 26 heteroatoms. The normalized spacial score (nSPS) is 17.6. The lowest BCUT2D eigenvalue weighted by atomic mass is 9.91. The molecular formula is C54H70Cl4N8O12S2. The van der Waals surface area contributed by atoms with Crippen LogP contribution in [0.4, 0.5) is 9.59 Å².